The van der Waals surface area contributed by atoms with Crippen LogP contribution < -0.4 is 5.73 Å². The monoisotopic (exact) mass is 259 g/mol. The van der Waals surface area contributed by atoms with Gasteiger partial charge in [0, 0.05) is 6.04 Å². The zero-order valence-electron chi connectivity index (χ0n) is 12.7. The molecule has 3 atom stereocenters. The van der Waals surface area contributed by atoms with Gasteiger partial charge in [-0.3, -0.25) is 0 Å². The second-order valence-corrected chi connectivity index (χ2v) is 6.61. The molecule has 2 N–H and O–H groups in total. The van der Waals surface area contributed by atoms with Crippen LogP contribution in [0.15, 0.2) is 24.3 Å². The normalized spacial score (nSPS) is 24.9. The third-order valence-electron chi connectivity index (χ3n) is 4.88. The lowest BCUT2D eigenvalue weighted by atomic mass is 9.91. The van der Waals surface area contributed by atoms with Gasteiger partial charge in [-0.1, -0.05) is 57.9 Å². The third-order valence-corrected chi connectivity index (χ3v) is 4.88. The molecule has 19 heavy (non-hydrogen) atoms. The molecule has 1 aromatic carbocycles. The van der Waals surface area contributed by atoms with E-state index < -0.39 is 0 Å². The zero-order chi connectivity index (χ0) is 13.8. The van der Waals surface area contributed by atoms with Gasteiger partial charge in [-0.25, -0.2) is 0 Å². The Balaban J connectivity index is 1.90. The SMILES string of the molecule is CCC1CCC(C(N)Cc2ccc(C(C)C)cc2)C1. The maximum Gasteiger partial charge on any atom is 0.0108 e. The van der Waals surface area contributed by atoms with Crippen LogP contribution in [-0.2, 0) is 6.42 Å². The first-order valence-electron chi connectivity index (χ1n) is 7.94. The maximum absolute atomic E-state index is 6.43. The highest BCUT2D eigenvalue weighted by Gasteiger charge is 2.27. The molecule has 0 aromatic heterocycles. The first-order valence-corrected chi connectivity index (χ1v) is 7.94. The summed E-state index contributed by atoms with van der Waals surface area (Å²) in [5.41, 5.74) is 9.25. The van der Waals surface area contributed by atoms with E-state index in [0.717, 1.165) is 18.3 Å². The van der Waals surface area contributed by atoms with Crippen LogP contribution in [0.1, 0.15) is 63.5 Å². The molecule has 1 aromatic rings. The Bertz CT molecular complexity index is 379. The molecule has 3 unspecified atom stereocenters. The van der Waals surface area contributed by atoms with Gasteiger partial charge in [-0.2, -0.15) is 0 Å². The number of rotatable bonds is 5. The van der Waals surface area contributed by atoms with E-state index in [0.29, 0.717) is 12.0 Å². The summed E-state index contributed by atoms with van der Waals surface area (Å²) in [4.78, 5) is 0. The van der Waals surface area contributed by atoms with Crippen LogP contribution >= 0.6 is 0 Å². The van der Waals surface area contributed by atoms with Crippen LogP contribution in [0.3, 0.4) is 0 Å². The first-order chi connectivity index (χ1) is 9.10. The van der Waals surface area contributed by atoms with Gasteiger partial charge in [0.05, 0.1) is 0 Å². The van der Waals surface area contributed by atoms with Crippen LogP contribution in [0.25, 0.3) is 0 Å². The van der Waals surface area contributed by atoms with Gasteiger partial charge in [-0.15, -0.1) is 0 Å². The Morgan fingerprint density at radius 1 is 1.16 bits per heavy atom. The molecular weight excluding hydrogens is 230 g/mol. The van der Waals surface area contributed by atoms with E-state index in [1.54, 1.807) is 0 Å². The van der Waals surface area contributed by atoms with Crippen molar-refractivity contribution in [2.24, 2.45) is 17.6 Å². The lowest BCUT2D eigenvalue weighted by Crippen LogP contribution is -2.30. The maximum atomic E-state index is 6.43. The largest absolute Gasteiger partial charge is 0.327 e. The van der Waals surface area contributed by atoms with Crippen molar-refractivity contribution in [1.82, 2.24) is 0 Å². The van der Waals surface area contributed by atoms with E-state index in [9.17, 15) is 0 Å². The third kappa shape index (κ3) is 3.82. The molecule has 0 amide bonds. The second kappa shape index (κ2) is 6.56. The summed E-state index contributed by atoms with van der Waals surface area (Å²) in [5.74, 6) is 2.29. The van der Waals surface area contributed by atoms with Crippen molar-refractivity contribution in [2.75, 3.05) is 0 Å². The molecule has 1 aliphatic carbocycles. The van der Waals surface area contributed by atoms with Crippen LogP contribution in [0, 0.1) is 11.8 Å². The Kier molecular flexibility index (Phi) is 5.04. The van der Waals surface area contributed by atoms with Gasteiger partial charge in [0.1, 0.15) is 0 Å². The lowest BCUT2D eigenvalue weighted by Gasteiger charge is -2.19. The molecule has 1 nitrogen and oxygen atoms in total. The predicted molar refractivity (Wildman–Crippen MR) is 83.3 cm³/mol. The fraction of sp³-hybridized carbons (Fsp3) is 0.667. The summed E-state index contributed by atoms with van der Waals surface area (Å²) in [6, 6.07) is 9.40. The predicted octanol–water partition coefficient (Wildman–Crippen LogP) is 4.51. The van der Waals surface area contributed by atoms with E-state index in [1.165, 1.54) is 36.8 Å². The van der Waals surface area contributed by atoms with Crippen LogP contribution in [-0.4, -0.2) is 6.04 Å². The van der Waals surface area contributed by atoms with Crippen molar-refractivity contribution in [3.05, 3.63) is 35.4 Å². The summed E-state index contributed by atoms with van der Waals surface area (Å²) >= 11 is 0. The Morgan fingerprint density at radius 3 is 2.37 bits per heavy atom. The highest BCUT2D eigenvalue weighted by atomic mass is 14.7. The van der Waals surface area contributed by atoms with Crippen molar-refractivity contribution < 1.29 is 0 Å². The molecule has 1 aliphatic rings. The summed E-state index contributed by atoms with van der Waals surface area (Å²) in [7, 11) is 0. The van der Waals surface area contributed by atoms with Gasteiger partial charge in [0.2, 0.25) is 0 Å². The minimum Gasteiger partial charge on any atom is -0.327 e. The average molecular weight is 259 g/mol. The minimum absolute atomic E-state index is 0.349. The fourth-order valence-electron chi connectivity index (χ4n) is 3.35. The first kappa shape index (κ1) is 14.6. The van der Waals surface area contributed by atoms with E-state index in [4.69, 9.17) is 5.73 Å². The molecule has 106 valence electrons. The number of hydrogen-bond acceptors (Lipinski definition) is 1. The standard InChI is InChI=1S/C18H29N/c1-4-14-5-10-17(11-14)18(19)12-15-6-8-16(9-7-15)13(2)3/h6-9,13-14,17-18H,4-5,10-12,19H2,1-3H3. The van der Waals surface area contributed by atoms with E-state index in [-0.39, 0.29) is 0 Å². The second-order valence-electron chi connectivity index (χ2n) is 6.61. The van der Waals surface area contributed by atoms with Gasteiger partial charge >= 0.3 is 0 Å². The molecule has 0 bridgehead atoms. The van der Waals surface area contributed by atoms with Crippen molar-refractivity contribution in [2.45, 2.75) is 64.8 Å². The van der Waals surface area contributed by atoms with Crippen LogP contribution in [0.5, 0.6) is 0 Å². The van der Waals surface area contributed by atoms with Crippen molar-refractivity contribution in [3.8, 4) is 0 Å². The van der Waals surface area contributed by atoms with Gasteiger partial charge in [0.15, 0.2) is 0 Å². The smallest absolute Gasteiger partial charge is 0.0108 e. The molecule has 1 heteroatoms. The topological polar surface area (TPSA) is 26.0 Å². The number of hydrogen-bond donors (Lipinski definition) is 1. The van der Waals surface area contributed by atoms with Gasteiger partial charge in [-0.05, 0) is 48.1 Å². The van der Waals surface area contributed by atoms with Crippen LogP contribution in [0.4, 0.5) is 0 Å². The molecular formula is C18H29N. The van der Waals surface area contributed by atoms with Crippen molar-refractivity contribution >= 4 is 0 Å². The average Bonchev–Trinajstić information content (AvgIpc) is 2.88. The zero-order valence-corrected chi connectivity index (χ0v) is 12.7. The number of benzene rings is 1. The highest BCUT2D eigenvalue weighted by molar-refractivity contribution is 5.25. The molecule has 0 spiro atoms. The van der Waals surface area contributed by atoms with Gasteiger partial charge in [0.25, 0.3) is 0 Å². The summed E-state index contributed by atoms with van der Waals surface area (Å²) in [6.07, 6.45) is 6.44. The summed E-state index contributed by atoms with van der Waals surface area (Å²) < 4.78 is 0. The van der Waals surface area contributed by atoms with Crippen LogP contribution in [0.2, 0.25) is 0 Å². The molecule has 1 fully saturated rings. The molecule has 0 heterocycles. The van der Waals surface area contributed by atoms with E-state index in [1.807, 2.05) is 0 Å². The highest BCUT2D eigenvalue weighted by Crippen LogP contribution is 2.35. The number of nitrogens with two attached hydrogens (primary N) is 1. The molecule has 0 radical (unpaired) electrons. The molecule has 0 saturated heterocycles. The Labute approximate surface area is 118 Å². The van der Waals surface area contributed by atoms with Crippen molar-refractivity contribution in [1.29, 1.82) is 0 Å². The van der Waals surface area contributed by atoms with Crippen molar-refractivity contribution in [3.63, 3.8) is 0 Å². The quantitative estimate of drug-likeness (QED) is 0.827. The Hall–Kier alpha value is -0.820. The lowest BCUT2D eigenvalue weighted by molar-refractivity contribution is 0.405. The Morgan fingerprint density at radius 2 is 1.84 bits per heavy atom. The molecule has 2 rings (SSSR count). The van der Waals surface area contributed by atoms with E-state index >= 15 is 0 Å². The molecule has 1 saturated carbocycles. The molecule has 0 aliphatic heterocycles. The summed E-state index contributed by atoms with van der Waals surface area (Å²) in [5, 5.41) is 0. The van der Waals surface area contributed by atoms with Gasteiger partial charge < -0.3 is 5.73 Å². The summed E-state index contributed by atoms with van der Waals surface area (Å²) in [6.45, 7) is 6.79. The van der Waals surface area contributed by atoms with E-state index in [2.05, 4.69) is 45.0 Å². The fourth-order valence-corrected chi connectivity index (χ4v) is 3.35. The minimum atomic E-state index is 0.349.